The summed E-state index contributed by atoms with van der Waals surface area (Å²) in [6.07, 6.45) is 0. The van der Waals surface area contributed by atoms with Crippen molar-refractivity contribution in [3.05, 3.63) is 24.3 Å². The predicted molar refractivity (Wildman–Crippen MR) is 92.6 cm³/mol. The summed E-state index contributed by atoms with van der Waals surface area (Å²) in [5, 5.41) is 2.99. The number of hydrogen-bond donors (Lipinski definition) is 1. The third kappa shape index (κ3) is 4.71. The molecule has 1 heterocycles. The minimum atomic E-state index is 0.0696. The number of rotatable bonds is 6. The highest BCUT2D eigenvalue weighted by molar-refractivity contribution is 5.92. The Labute approximate surface area is 133 Å². The lowest BCUT2D eigenvalue weighted by atomic mass is 10.2. The molecule has 1 N–H and O–H groups in total. The highest BCUT2D eigenvalue weighted by Crippen LogP contribution is 2.17. The minimum Gasteiger partial charge on any atom is -0.372 e. The van der Waals surface area contributed by atoms with Crippen molar-refractivity contribution in [2.24, 2.45) is 0 Å². The van der Waals surface area contributed by atoms with Crippen molar-refractivity contribution in [2.45, 2.75) is 13.8 Å². The van der Waals surface area contributed by atoms with Crippen LogP contribution in [0.4, 0.5) is 11.4 Å². The van der Waals surface area contributed by atoms with Gasteiger partial charge in [-0.2, -0.15) is 0 Å². The van der Waals surface area contributed by atoms with Crippen LogP contribution in [0.25, 0.3) is 0 Å². The fraction of sp³-hybridized carbons (Fsp3) is 0.588. The smallest absolute Gasteiger partial charge is 0.238 e. The molecule has 1 fully saturated rings. The molecule has 0 aromatic heterocycles. The summed E-state index contributed by atoms with van der Waals surface area (Å²) in [7, 11) is 2.12. The van der Waals surface area contributed by atoms with Gasteiger partial charge < -0.3 is 15.1 Å². The second kappa shape index (κ2) is 8.15. The van der Waals surface area contributed by atoms with Gasteiger partial charge in [-0.3, -0.25) is 9.69 Å². The first-order chi connectivity index (χ1) is 10.6. The number of benzene rings is 1. The van der Waals surface area contributed by atoms with E-state index in [0.717, 1.165) is 45.0 Å². The van der Waals surface area contributed by atoms with Crippen molar-refractivity contribution in [1.82, 2.24) is 9.80 Å². The molecule has 2 rings (SSSR count). The van der Waals surface area contributed by atoms with Crippen molar-refractivity contribution in [1.29, 1.82) is 0 Å². The van der Waals surface area contributed by atoms with Gasteiger partial charge in [-0.05, 0) is 45.2 Å². The SMILES string of the molecule is CCN(CC)c1ccc(NC(=O)CN2CCN(C)CC2)cc1. The zero-order valence-electron chi connectivity index (χ0n) is 14.0. The van der Waals surface area contributed by atoms with Gasteiger partial charge in [-0.15, -0.1) is 0 Å². The van der Waals surface area contributed by atoms with E-state index in [4.69, 9.17) is 0 Å². The van der Waals surface area contributed by atoms with Crippen LogP contribution in [0.1, 0.15) is 13.8 Å². The normalized spacial score (nSPS) is 16.5. The Bertz CT molecular complexity index is 462. The lowest BCUT2D eigenvalue weighted by Crippen LogP contribution is -2.47. The predicted octanol–water partition coefficient (Wildman–Crippen LogP) is 1.72. The van der Waals surface area contributed by atoms with E-state index in [0.29, 0.717) is 6.54 Å². The van der Waals surface area contributed by atoms with Gasteiger partial charge in [0, 0.05) is 50.6 Å². The van der Waals surface area contributed by atoms with E-state index in [-0.39, 0.29) is 5.91 Å². The maximum Gasteiger partial charge on any atom is 0.238 e. The molecule has 0 spiro atoms. The van der Waals surface area contributed by atoms with Gasteiger partial charge in [0.15, 0.2) is 0 Å². The van der Waals surface area contributed by atoms with E-state index in [1.54, 1.807) is 0 Å². The third-order valence-corrected chi connectivity index (χ3v) is 4.24. The summed E-state index contributed by atoms with van der Waals surface area (Å²) in [6.45, 7) is 10.8. The lowest BCUT2D eigenvalue weighted by molar-refractivity contribution is -0.117. The maximum absolute atomic E-state index is 12.1. The molecule has 0 unspecified atom stereocenters. The summed E-state index contributed by atoms with van der Waals surface area (Å²) in [4.78, 5) is 18.9. The van der Waals surface area contributed by atoms with Crippen molar-refractivity contribution in [3.63, 3.8) is 0 Å². The molecule has 0 bridgehead atoms. The Kier molecular flexibility index (Phi) is 6.21. The Balaban J connectivity index is 1.84. The van der Waals surface area contributed by atoms with Crippen molar-refractivity contribution in [3.8, 4) is 0 Å². The highest BCUT2D eigenvalue weighted by Gasteiger charge is 2.16. The molecule has 0 atom stereocenters. The molecule has 1 aromatic rings. The molecule has 0 saturated carbocycles. The van der Waals surface area contributed by atoms with E-state index < -0.39 is 0 Å². The Hall–Kier alpha value is -1.59. The number of carbonyl (C=O) groups is 1. The molecule has 5 heteroatoms. The molecule has 1 amide bonds. The average Bonchev–Trinajstić information content (AvgIpc) is 2.52. The Morgan fingerprint density at radius 3 is 2.23 bits per heavy atom. The van der Waals surface area contributed by atoms with Crippen LogP contribution in [-0.4, -0.2) is 68.6 Å². The van der Waals surface area contributed by atoms with Crippen LogP contribution in [-0.2, 0) is 4.79 Å². The van der Waals surface area contributed by atoms with Crippen LogP contribution in [0, 0.1) is 0 Å². The quantitative estimate of drug-likeness (QED) is 0.868. The monoisotopic (exact) mass is 304 g/mol. The van der Waals surface area contributed by atoms with Crippen LogP contribution < -0.4 is 10.2 Å². The minimum absolute atomic E-state index is 0.0696. The number of amides is 1. The van der Waals surface area contributed by atoms with Crippen LogP contribution >= 0.6 is 0 Å². The number of nitrogens with one attached hydrogen (secondary N) is 1. The molecular formula is C17H28N4O. The Morgan fingerprint density at radius 2 is 1.68 bits per heavy atom. The van der Waals surface area contributed by atoms with Crippen molar-refractivity contribution < 1.29 is 4.79 Å². The first kappa shape index (κ1) is 16.8. The van der Waals surface area contributed by atoms with Crippen LogP contribution in [0.3, 0.4) is 0 Å². The van der Waals surface area contributed by atoms with E-state index in [2.05, 4.69) is 53.0 Å². The van der Waals surface area contributed by atoms with E-state index in [9.17, 15) is 4.79 Å². The van der Waals surface area contributed by atoms with Gasteiger partial charge >= 0.3 is 0 Å². The largest absolute Gasteiger partial charge is 0.372 e. The first-order valence-electron chi connectivity index (χ1n) is 8.18. The van der Waals surface area contributed by atoms with Gasteiger partial charge in [0.2, 0.25) is 5.91 Å². The van der Waals surface area contributed by atoms with Crippen LogP contribution in [0.2, 0.25) is 0 Å². The third-order valence-electron chi connectivity index (χ3n) is 4.24. The number of piperazine rings is 1. The van der Waals surface area contributed by atoms with Gasteiger partial charge in [-0.1, -0.05) is 0 Å². The summed E-state index contributed by atoms with van der Waals surface area (Å²) < 4.78 is 0. The number of hydrogen-bond acceptors (Lipinski definition) is 4. The molecule has 1 saturated heterocycles. The molecule has 5 nitrogen and oxygen atoms in total. The van der Waals surface area contributed by atoms with Gasteiger partial charge in [-0.25, -0.2) is 0 Å². The molecule has 1 aromatic carbocycles. The molecule has 22 heavy (non-hydrogen) atoms. The summed E-state index contributed by atoms with van der Waals surface area (Å²) in [5.41, 5.74) is 2.07. The van der Waals surface area contributed by atoms with E-state index in [1.807, 2.05) is 12.1 Å². The van der Waals surface area contributed by atoms with Gasteiger partial charge in [0.25, 0.3) is 0 Å². The summed E-state index contributed by atoms with van der Waals surface area (Å²) >= 11 is 0. The second-order valence-corrected chi connectivity index (χ2v) is 5.85. The first-order valence-corrected chi connectivity index (χ1v) is 8.18. The number of nitrogens with zero attached hydrogens (tertiary/aromatic N) is 3. The molecule has 1 aliphatic rings. The van der Waals surface area contributed by atoms with E-state index >= 15 is 0 Å². The van der Waals surface area contributed by atoms with Crippen LogP contribution in [0.15, 0.2) is 24.3 Å². The number of anilines is 2. The standard InChI is InChI=1S/C17H28N4O/c1-4-21(5-2)16-8-6-15(7-9-16)18-17(22)14-20-12-10-19(3)11-13-20/h6-9H,4-5,10-14H2,1-3H3,(H,18,22). The zero-order chi connectivity index (χ0) is 15.9. The molecule has 0 aliphatic carbocycles. The van der Waals surface area contributed by atoms with Crippen molar-refractivity contribution in [2.75, 3.05) is 63.1 Å². The number of carbonyl (C=O) groups excluding carboxylic acids is 1. The fourth-order valence-corrected chi connectivity index (χ4v) is 2.75. The Morgan fingerprint density at radius 1 is 1.09 bits per heavy atom. The second-order valence-electron chi connectivity index (χ2n) is 5.85. The zero-order valence-corrected chi connectivity index (χ0v) is 14.0. The van der Waals surface area contributed by atoms with Crippen LogP contribution in [0.5, 0.6) is 0 Å². The maximum atomic E-state index is 12.1. The number of likely N-dealkylation sites (N-methyl/N-ethyl adjacent to an activating group) is 1. The van der Waals surface area contributed by atoms with Gasteiger partial charge in [0.05, 0.1) is 6.54 Å². The molecule has 0 radical (unpaired) electrons. The van der Waals surface area contributed by atoms with Gasteiger partial charge in [0.1, 0.15) is 0 Å². The molecular weight excluding hydrogens is 276 g/mol. The lowest BCUT2D eigenvalue weighted by Gasteiger charge is -2.31. The topological polar surface area (TPSA) is 38.8 Å². The molecule has 1 aliphatic heterocycles. The highest BCUT2D eigenvalue weighted by atomic mass is 16.2. The van der Waals surface area contributed by atoms with Crippen molar-refractivity contribution >= 4 is 17.3 Å². The fourth-order valence-electron chi connectivity index (χ4n) is 2.75. The summed E-state index contributed by atoms with van der Waals surface area (Å²) in [6, 6.07) is 8.10. The average molecular weight is 304 g/mol. The molecule has 122 valence electrons. The van der Waals surface area contributed by atoms with E-state index in [1.165, 1.54) is 5.69 Å². The summed E-state index contributed by atoms with van der Waals surface area (Å²) in [5.74, 6) is 0.0696.